The average Bonchev–Trinajstić information content (AvgIpc) is 3.28. The van der Waals surface area contributed by atoms with E-state index < -0.39 is 0 Å². The number of carbonyl (C=O) groups excluding carboxylic acids is 2. The molecule has 1 saturated heterocycles. The van der Waals surface area contributed by atoms with Crippen molar-refractivity contribution in [1.29, 1.82) is 0 Å². The first-order valence-electron chi connectivity index (χ1n) is 9.89. The van der Waals surface area contributed by atoms with E-state index in [0.717, 1.165) is 42.5 Å². The Morgan fingerprint density at radius 2 is 2.11 bits per heavy atom. The molecule has 1 aliphatic heterocycles. The van der Waals surface area contributed by atoms with Gasteiger partial charge in [0.25, 0.3) is 0 Å². The maximum Gasteiger partial charge on any atom is 0.223 e. The summed E-state index contributed by atoms with van der Waals surface area (Å²) in [6.07, 6.45) is 4.40. The van der Waals surface area contributed by atoms with Crippen LogP contribution in [0.15, 0.2) is 18.3 Å². The van der Waals surface area contributed by atoms with Crippen molar-refractivity contribution in [3.63, 3.8) is 0 Å². The van der Waals surface area contributed by atoms with Crippen LogP contribution in [0.1, 0.15) is 51.6 Å². The van der Waals surface area contributed by atoms with Crippen LogP contribution in [0.2, 0.25) is 0 Å². The topological polar surface area (TPSA) is 80.1 Å². The van der Waals surface area contributed by atoms with Crippen molar-refractivity contribution in [2.75, 3.05) is 19.6 Å². The summed E-state index contributed by atoms with van der Waals surface area (Å²) in [7, 11) is 0. The third-order valence-electron chi connectivity index (χ3n) is 5.54. The SMILES string of the molecule is CCC(CC)C(=O)NCCn1nc(C2CCN(C(C)=O)C2)c2cccnc21. The van der Waals surface area contributed by atoms with Gasteiger partial charge in [-0.3, -0.25) is 9.59 Å². The maximum absolute atomic E-state index is 12.2. The second-order valence-corrected chi connectivity index (χ2v) is 7.24. The molecule has 0 bridgehead atoms. The second kappa shape index (κ2) is 8.50. The standard InChI is InChI=1S/C20H29N5O2/c1-4-15(5-2)20(27)22-10-12-25-19-17(7-6-9-21-19)18(23-25)16-8-11-24(13-16)14(3)26/h6-7,9,15-16H,4-5,8,10-13H2,1-3H3,(H,22,27). The number of pyridine rings is 1. The average molecular weight is 371 g/mol. The number of fused-ring (bicyclic) bond motifs is 1. The fraction of sp³-hybridized carbons (Fsp3) is 0.600. The number of carbonyl (C=O) groups is 2. The highest BCUT2D eigenvalue weighted by Crippen LogP contribution is 2.31. The van der Waals surface area contributed by atoms with Crippen molar-refractivity contribution in [3.8, 4) is 0 Å². The molecule has 1 unspecified atom stereocenters. The minimum atomic E-state index is 0.0732. The fourth-order valence-electron chi connectivity index (χ4n) is 3.85. The maximum atomic E-state index is 12.2. The molecule has 2 aromatic rings. The normalized spacial score (nSPS) is 17.0. The molecule has 1 N–H and O–H groups in total. The molecule has 27 heavy (non-hydrogen) atoms. The van der Waals surface area contributed by atoms with E-state index in [-0.39, 0.29) is 23.7 Å². The molecule has 1 fully saturated rings. The van der Waals surface area contributed by atoms with E-state index in [4.69, 9.17) is 5.10 Å². The van der Waals surface area contributed by atoms with E-state index in [1.807, 2.05) is 35.6 Å². The largest absolute Gasteiger partial charge is 0.354 e. The van der Waals surface area contributed by atoms with Crippen molar-refractivity contribution in [1.82, 2.24) is 25.0 Å². The summed E-state index contributed by atoms with van der Waals surface area (Å²) in [5, 5.41) is 8.87. The van der Waals surface area contributed by atoms with Gasteiger partial charge in [-0.2, -0.15) is 5.10 Å². The van der Waals surface area contributed by atoms with Crippen LogP contribution < -0.4 is 5.32 Å². The van der Waals surface area contributed by atoms with Crippen LogP contribution in [0.5, 0.6) is 0 Å². The van der Waals surface area contributed by atoms with Gasteiger partial charge >= 0.3 is 0 Å². The number of rotatable bonds is 7. The molecule has 3 heterocycles. The summed E-state index contributed by atoms with van der Waals surface area (Å²) in [4.78, 5) is 30.2. The van der Waals surface area contributed by atoms with Crippen LogP contribution in [-0.4, -0.2) is 51.1 Å². The minimum absolute atomic E-state index is 0.0732. The van der Waals surface area contributed by atoms with E-state index in [1.165, 1.54) is 0 Å². The zero-order chi connectivity index (χ0) is 19.4. The van der Waals surface area contributed by atoms with Crippen LogP contribution in [-0.2, 0) is 16.1 Å². The number of hydrogen-bond acceptors (Lipinski definition) is 4. The predicted octanol–water partition coefficient (Wildman–Crippen LogP) is 2.32. The lowest BCUT2D eigenvalue weighted by atomic mass is 10.0. The Morgan fingerprint density at radius 1 is 1.33 bits per heavy atom. The Hall–Kier alpha value is -2.44. The zero-order valence-electron chi connectivity index (χ0n) is 16.4. The van der Waals surface area contributed by atoms with Gasteiger partial charge in [0, 0.05) is 50.0 Å². The highest BCUT2D eigenvalue weighted by Gasteiger charge is 2.29. The molecule has 0 aromatic carbocycles. The molecule has 2 amide bonds. The molecule has 3 rings (SSSR count). The van der Waals surface area contributed by atoms with E-state index in [0.29, 0.717) is 19.6 Å². The van der Waals surface area contributed by atoms with Crippen LogP contribution >= 0.6 is 0 Å². The molecular formula is C20H29N5O2. The molecule has 2 aromatic heterocycles. The highest BCUT2D eigenvalue weighted by atomic mass is 16.2. The van der Waals surface area contributed by atoms with Crippen LogP contribution in [0.25, 0.3) is 11.0 Å². The number of aromatic nitrogens is 3. The summed E-state index contributed by atoms with van der Waals surface area (Å²) < 4.78 is 1.88. The van der Waals surface area contributed by atoms with E-state index in [9.17, 15) is 9.59 Å². The molecule has 0 aliphatic carbocycles. The number of nitrogens with zero attached hydrogens (tertiary/aromatic N) is 4. The van der Waals surface area contributed by atoms with Crippen molar-refractivity contribution < 1.29 is 9.59 Å². The first kappa shape index (κ1) is 19.3. The summed E-state index contributed by atoms with van der Waals surface area (Å²) in [5.41, 5.74) is 1.85. The first-order valence-corrected chi connectivity index (χ1v) is 9.89. The number of amides is 2. The molecule has 7 nitrogen and oxygen atoms in total. The van der Waals surface area contributed by atoms with Gasteiger partial charge in [0.05, 0.1) is 12.2 Å². The van der Waals surface area contributed by atoms with Crippen molar-refractivity contribution >= 4 is 22.8 Å². The molecule has 0 radical (unpaired) electrons. The smallest absolute Gasteiger partial charge is 0.223 e. The van der Waals surface area contributed by atoms with Gasteiger partial charge in [0.15, 0.2) is 5.65 Å². The molecule has 0 saturated carbocycles. The number of hydrogen-bond donors (Lipinski definition) is 1. The van der Waals surface area contributed by atoms with Crippen LogP contribution in [0.4, 0.5) is 0 Å². The van der Waals surface area contributed by atoms with Gasteiger partial charge in [-0.15, -0.1) is 0 Å². The lowest BCUT2D eigenvalue weighted by molar-refractivity contribution is -0.128. The zero-order valence-corrected chi connectivity index (χ0v) is 16.4. The molecule has 146 valence electrons. The third-order valence-corrected chi connectivity index (χ3v) is 5.54. The summed E-state index contributed by atoms with van der Waals surface area (Å²) in [5.74, 6) is 0.533. The Labute approximate surface area is 160 Å². The lowest BCUT2D eigenvalue weighted by Gasteiger charge is -2.13. The van der Waals surface area contributed by atoms with Crippen molar-refractivity contribution in [2.45, 2.75) is 52.5 Å². The molecular weight excluding hydrogens is 342 g/mol. The molecule has 1 atom stereocenters. The Balaban J connectivity index is 1.73. The van der Waals surface area contributed by atoms with Crippen molar-refractivity contribution in [2.24, 2.45) is 5.92 Å². The van der Waals surface area contributed by atoms with Gasteiger partial charge < -0.3 is 10.2 Å². The van der Waals surface area contributed by atoms with Gasteiger partial charge in [-0.25, -0.2) is 9.67 Å². The molecule has 1 aliphatic rings. The first-order chi connectivity index (χ1) is 13.0. The second-order valence-electron chi connectivity index (χ2n) is 7.24. The summed E-state index contributed by atoms with van der Waals surface area (Å²) in [6, 6.07) is 3.96. The van der Waals surface area contributed by atoms with Crippen molar-refractivity contribution in [3.05, 3.63) is 24.0 Å². The molecule has 0 spiro atoms. The number of nitrogens with one attached hydrogen (secondary N) is 1. The Bertz CT molecular complexity index is 812. The fourth-order valence-corrected chi connectivity index (χ4v) is 3.85. The van der Waals surface area contributed by atoms with Crippen LogP contribution in [0, 0.1) is 5.92 Å². The van der Waals surface area contributed by atoms with E-state index >= 15 is 0 Å². The van der Waals surface area contributed by atoms with Gasteiger partial charge in [0.1, 0.15) is 0 Å². The van der Waals surface area contributed by atoms with E-state index in [1.54, 1.807) is 13.1 Å². The van der Waals surface area contributed by atoms with Gasteiger partial charge in [0.2, 0.25) is 11.8 Å². The summed E-state index contributed by atoms with van der Waals surface area (Å²) in [6.45, 7) is 8.30. The third kappa shape index (κ3) is 4.12. The van der Waals surface area contributed by atoms with Crippen LogP contribution in [0.3, 0.4) is 0 Å². The Kier molecular flexibility index (Phi) is 6.08. The van der Waals surface area contributed by atoms with Gasteiger partial charge in [-0.1, -0.05) is 13.8 Å². The Morgan fingerprint density at radius 3 is 2.78 bits per heavy atom. The lowest BCUT2D eigenvalue weighted by Crippen LogP contribution is -2.32. The minimum Gasteiger partial charge on any atom is -0.354 e. The molecule has 7 heteroatoms. The quantitative estimate of drug-likeness (QED) is 0.810. The van der Waals surface area contributed by atoms with E-state index in [2.05, 4.69) is 10.3 Å². The number of likely N-dealkylation sites (tertiary alicyclic amines) is 1. The predicted molar refractivity (Wildman–Crippen MR) is 104 cm³/mol. The summed E-state index contributed by atoms with van der Waals surface area (Å²) >= 11 is 0. The monoisotopic (exact) mass is 371 g/mol. The van der Waals surface area contributed by atoms with Gasteiger partial charge in [-0.05, 0) is 31.4 Å². The highest BCUT2D eigenvalue weighted by molar-refractivity contribution is 5.80.